The number of ketones is 3. The summed E-state index contributed by atoms with van der Waals surface area (Å²) in [5.74, 6) is -1.23. The summed E-state index contributed by atoms with van der Waals surface area (Å²) in [4.78, 5) is 74.9. The van der Waals surface area contributed by atoms with Crippen LogP contribution in [-0.4, -0.2) is 123 Å². The van der Waals surface area contributed by atoms with Crippen LogP contribution in [0.4, 0.5) is 0 Å². The summed E-state index contributed by atoms with van der Waals surface area (Å²) in [7, 11) is 0. The monoisotopic (exact) mass is 968 g/mol. The van der Waals surface area contributed by atoms with Crippen LogP contribution in [-0.2, 0) is 48.5 Å². The smallest absolute Gasteiger partial charge is 0.340 e. The molecule has 0 aliphatic carbocycles. The lowest BCUT2D eigenvalue weighted by Gasteiger charge is -2.36. The van der Waals surface area contributed by atoms with E-state index in [0.717, 1.165) is 12.8 Å². The van der Waals surface area contributed by atoms with Gasteiger partial charge in [-0.1, -0.05) is 18.2 Å². The Hall–Kier alpha value is -6.12. The van der Waals surface area contributed by atoms with Gasteiger partial charge in [0.05, 0.1) is 51.0 Å². The lowest BCUT2D eigenvalue weighted by atomic mass is 9.77. The third kappa shape index (κ3) is 16.9. The number of Topliss-reactive ketones (excluding diaryl/α,β-unsaturated/α-hetero) is 3. The first-order valence-electron chi connectivity index (χ1n) is 22.7. The molecule has 0 saturated heterocycles. The summed E-state index contributed by atoms with van der Waals surface area (Å²) in [6.07, 6.45) is 4.24. The number of esters is 1. The van der Waals surface area contributed by atoms with Crippen LogP contribution >= 0.6 is 11.6 Å². The highest BCUT2D eigenvalue weighted by molar-refractivity contribution is 6.28. The van der Waals surface area contributed by atoms with Gasteiger partial charge in [-0.3, -0.25) is 35.6 Å². The molecular weight excluding hydrogens is 904 g/mol. The summed E-state index contributed by atoms with van der Waals surface area (Å²) in [5, 5.41) is 25.0. The van der Waals surface area contributed by atoms with E-state index in [-0.39, 0.29) is 72.4 Å². The number of nitrogens with one attached hydrogen (secondary N) is 3. The molecule has 5 rings (SSSR count). The fourth-order valence-corrected chi connectivity index (χ4v) is 7.66. The highest BCUT2D eigenvalue weighted by Crippen LogP contribution is 2.56. The van der Waals surface area contributed by atoms with Gasteiger partial charge in [0.15, 0.2) is 23.2 Å². The van der Waals surface area contributed by atoms with E-state index >= 15 is 0 Å². The van der Waals surface area contributed by atoms with E-state index in [0.29, 0.717) is 112 Å². The van der Waals surface area contributed by atoms with Gasteiger partial charge in [-0.05, 0) is 69.4 Å². The number of quaternary nitrogens is 1. The number of hydrogen-bond acceptors (Lipinski definition) is 13. The first kappa shape index (κ1) is 54.5. The van der Waals surface area contributed by atoms with Gasteiger partial charge in [0.2, 0.25) is 5.91 Å². The number of hydrogen-bond donors (Lipinski definition) is 8. The second kappa shape index (κ2) is 28.3. The fraction of sp³-hybridized carbons (Fsp3) is 0.479. The van der Waals surface area contributed by atoms with E-state index in [1.165, 1.54) is 24.3 Å². The van der Waals surface area contributed by atoms with Crippen LogP contribution in [0.1, 0.15) is 91.8 Å². The SMILES string of the molecule is CC(=O)CCCCOCCOCCOCCCNC(=O)CC[C@H]([NH3+])C(=O)NCC(=O)C[C@@H](CCC[NH+]=C(N)N)C(=O)CCl.O=C1OC2(c3ccc(O)cc3Oc3cc(O)ccc32)c2ccccc21. The third-order valence-electron chi connectivity index (χ3n) is 11.0. The van der Waals surface area contributed by atoms with Crippen molar-refractivity contribution in [1.29, 1.82) is 0 Å². The van der Waals surface area contributed by atoms with Gasteiger partial charge in [0.25, 0.3) is 5.91 Å². The molecule has 3 aromatic rings. The molecule has 19 nitrogen and oxygen atoms in total. The minimum Gasteiger partial charge on any atom is -0.508 e. The van der Waals surface area contributed by atoms with Crippen LogP contribution in [0.15, 0.2) is 60.7 Å². The molecule has 0 radical (unpaired) electrons. The predicted octanol–water partition coefficient (Wildman–Crippen LogP) is 0.992. The number of benzene rings is 3. The quantitative estimate of drug-likeness (QED) is 0.0158. The first-order chi connectivity index (χ1) is 32.7. The van der Waals surface area contributed by atoms with Gasteiger partial charge in [-0.2, -0.15) is 0 Å². The van der Waals surface area contributed by atoms with Crippen molar-refractivity contribution < 1.29 is 73.4 Å². The van der Waals surface area contributed by atoms with Crippen LogP contribution < -0.4 is 37.6 Å². The van der Waals surface area contributed by atoms with E-state index in [1.54, 1.807) is 31.2 Å². The molecule has 2 heterocycles. The van der Waals surface area contributed by atoms with Crippen molar-refractivity contribution in [1.82, 2.24) is 10.6 Å². The Labute approximate surface area is 400 Å². The zero-order valence-corrected chi connectivity index (χ0v) is 39.2. The molecular formula is C48H65ClN6O13+2. The van der Waals surface area contributed by atoms with Gasteiger partial charge in [0.1, 0.15) is 28.8 Å². The molecule has 370 valence electrons. The molecule has 0 unspecified atom stereocenters. The van der Waals surface area contributed by atoms with E-state index in [9.17, 15) is 39.0 Å². The molecule has 0 bridgehead atoms. The number of amides is 2. The summed E-state index contributed by atoms with van der Waals surface area (Å²) >= 11 is 5.67. The van der Waals surface area contributed by atoms with Crippen LogP contribution in [0, 0.1) is 5.92 Å². The van der Waals surface area contributed by atoms with E-state index < -0.39 is 29.4 Å². The van der Waals surface area contributed by atoms with Crippen molar-refractivity contribution in [3.63, 3.8) is 0 Å². The van der Waals surface area contributed by atoms with Gasteiger partial charge in [-0.25, -0.2) is 4.79 Å². The Balaban J connectivity index is 0.000000334. The molecule has 2 amide bonds. The van der Waals surface area contributed by atoms with Gasteiger partial charge >= 0.3 is 11.9 Å². The predicted molar refractivity (Wildman–Crippen MR) is 249 cm³/mol. The largest absolute Gasteiger partial charge is 0.508 e. The number of phenols is 2. The number of guanidine groups is 1. The van der Waals surface area contributed by atoms with Gasteiger partial charge in [0, 0.05) is 80.2 Å². The number of unbranched alkanes of at least 4 members (excludes halogenated alkanes) is 1. The Kier molecular flexibility index (Phi) is 22.6. The van der Waals surface area contributed by atoms with Gasteiger partial charge in [-0.15, -0.1) is 11.6 Å². The summed E-state index contributed by atoms with van der Waals surface area (Å²) in [6.45, 7) is 5.23. The zero-order valence-electron chi connectivity index (χ0n) is 38.5. The van der Waals surface area contributed by atoms with E-state index in [4.69, 9.17) is 46.8 Å². The Morgan fingerprint density at radius 3 is 2.03 bits per heavy atom. The summed E-state index contributed by atoms with van der Waals surface area (Å²) < 4.78 is 28.1. The number of alkyl halides is 1. The lowest BCUT2D eigenvalue weighted by molar-refractivity contribution is -0.459. The average molecular weight is 970 g/mol. The number of aromatic hydroxyl groups is 2. The topological polar surface area (TPSA) is 307 Å². The van der Waals surface area contributed by atoms with Crippen molar-refractivity contribution in [3.8, 4) is 23.0 Å². The minimum absolute atomic E-state index is 0.0334. The average Bonchev–Trinajstić information content (AvgIpc) is 3.60. The third-order valence-corrected chi connectivity index (χ3v) is 11.2. The zero-order chi connectivity index (χ0) is 49.5. The number of phenolic OH excluding ortho intramolecular Hbond substituents is 2. The lowest BCUT2D eigenvalue weighted by Crippen LogP contribution is -2.78. The minimum atomic E-state index is -1.17. The highest BCUT2D eigenvalue weighted by Gasteiger charge is 2.53. The van der Waals surface area contributed by atoms with Crippen molar-refractivity contribution >= 4 is 52.7 Å². The van der Waals surface area contributed by atoms with Crippen molar-refractivity contribution in [2.45, 2.75) is 76.4 Å². The van der Waals surface area contributed by atoms with Gasteiger partial charge < -0.3 is 55.1 Å². The Bertz CT molecular complexity index is 2170. The number of nitrogens with two attached hydrogens (primary N) is 2. The summed E-state index contributed by atoms with van der Waals surface area (Å²) in [5.41, 5.74) is 15.7. The number of rotatable bonds is 29. The molecule has 3 aromatic carbocycles. The molecule has 0 aromatic heterocycles. The first-order valence-corrected chi connectivity index (χ1v) is 23.2. The molecule has 12 N–H and O–H groups in total. The standard InChI is InChI=1S/C28H51ClN6O8.C20H12O5/c1-21(36)6-2-3-12-41-14-16-43-17-15-42-13-5-11-33-26(39)9-8-24(30)27(40)35-20-23(37)18-22(25(38)19-29)7-4-10-34-28(31)32;21-11-5-7-15-17(9-11)24-18-10-12(22)6-8-16(18)20(15)14-4-2-1-3-13(14)19(23)25-20/h22,24H,2-20,30H2,1H3,(H,33,39)(H,35,40)(H4,31,32,34);1-10,21-22H/p+2/t22-,24+;/m1./s1. The molecule has 20 heteroatoms. The maximum absolute atomic E-state index is 12.5. The normalized spacial score (nSPS) is 13.5. The van der Waals surface area contributed by atoms with E-state index in [1.807, 2.05) is 12.1 Å². The molecule has 0 saturated carbocycles. The number of fused-ring (bicyclic) bond motifs is 6. The Morgan fingerprint density at radius 1 is 0.794 bits per heavy atom. The molecule has 2 aliphatic heterocycles. The van der Waals surface area contributed by atoms with Crippen molar-refractivity contribution in [2.24, 2.45) is 17.4 Å². The van der Waals surface area contributed by atoms with Crippen LogP contribution in [0.3, 0.4) is 0 Å². The molecule has 2 atom stereocenters. The van der Waals surface area contributed by atoms with Crippen LogP contribution in [0.2, 0.25) is 0 Å². The molecule has 2 aliphatic rings. The fourth-order valence-electron chi connectivity index (χ4n) is 7.44. The molecule has 1 spiro atoms. The number of ether oxygens (including phenoxy) is 5. The second-order valence-corrected chi connectivity index (χ2v) is 16.6. The highest BCUT2D eigenvalue weighted by atomic mass is 35.5. The van der Waals surface area contributed by atoms with Crippen LogP contribution in [0.5, 0.6) is 23.0 Å². The number of carbonyl (C=O) groups excluding carboxylic acids is 6. The molecule has 68 heavy (non-hydrogen) atoms. The second-order valence-electron chi connectivity index (χ2n) is 16.3. The molecule has 0 fully saturated rings. The van der Waals surface area contributed by atoms with Crippen molar-refractivity contribution in [3.05, 3.63) is 82.9 Å². The summed E-state index contributed by atoms with van der Waals surface area (Å²) in [6, 6.07) is 15.9. The number of carbonyl (C=O) groups is 6. The number of halogens is 1. The maximum Gasteiger partial charge on any atom is 0.340 e. The maximum atomic E-state index is 12.5. The van der Waals surface area contributed by atoms with E-state index in [2.05, 4.69) is 21.4 Å². The van der Waals surface area contributed by atoms with Crippen LogP contribution in [0.25, 0.3) is 0 Å². The van der Waals surface area contributed by atoms with Crippen molar-refractivity contribution in [2.75, 3.05) is 65.2 Å². The Morgan fingerprint density at radius 2 is 1.41 bits per heavy atom.